The molecule has 1 atom stereocenters. The van der Waals surface area contributed by atoms with E-state index in [2.05, 4.69) is 17.2 Å². The number of nitrogens with two attached hydrogens (primary N) is 2. The van der Waals surface area contributed by atoms with E-state index in [9.17, 15) is 4.79 Å². The molecule has 0 fully saturated rings. The van der Waals surface area contributed by atoms with Crippen molar-refractivity contribution in [2.45, 2.75) is 46.1 Å². The van der Waals surface area contributed by atoms with Crippen molar-refractivity contribution in [1.82, 2.24) is 4.98 Å². The Morgan fingerprint density at radius 1 is 1.47 bits per heavy atom. The second-order valence-electron chi connectivity index (χ2n) is 4.86. The van der Waals surface area contributed by atoms with E-state index >= 15 is 0 Å². The molecule has 0 bridgehead atoms. The third kappa shape index (κ3) is 4.21. The molecule has 0 aromatic carbocycles. The van der Waals surface area contributed by atoms with Gasteiger partial charge in [0.25, 0.3) is 5.91 Å². The zero-order valence-electron chi connectivity index (χ0n) is 12.0. The van der Waals surface area contributed by atoms with E-state index < -0.39 is 5.91 Å². The predicted molar refractivity (Wildman–Crippen MR) is 78.2 cm³/mol. The van der Waals surface area contributed by atoms with Crippen molar-refractivity contribution in [2.75, 3.05) is 11.9 Å². The predicted octanol–water partition coefficient (Wildman–Crippen LogP) is 1.73. The summed E-state index contributed by atoms with van der Waals surface area (Å²) in [6, 6.07) is 2.00. The van der Waals surface area contributed by atoms with E-state index in [1.165, 1.54) is 0 Å². The quantitative estimate of drug-likeness (QED) is 0.699. The number of carbonyl (C=O) groups excluding carboxylic acids is 1. The smallest absolute Gasteiger partial charge is 0.252 e. The Labute approximate surface area is 114 Å². The van der Waals surface area contributed by atoms with Gasteiger partial charge < -0.3 is 16.8 Å². The molecule has 106 valence electrons. The van der Waals surface area contributed by atoms with E-state index in [0.29, 0.717) is 17.8 Å². The highest BCUT2D eigenvalue weighted by molar-refractivity contribution is 5.99. The Morgan fingerprint density at radius 2 is 2.16 bits per heavy atom. The van der Waals surface area contributed by atoms with Crippen LogP contribution in [0.25, 0.3) is 0 Å². The number of amides is 1. The molecule has 0 saturated carbocycles. The first kappa shape index (κ1) is 15.4. The highest BCUT2D eigenvalue weighted by atomic mass is 16.1. The van der Waals surface area contributed by atoms with Crippen molar-refractivity contribution in [3.8, 4) is 0 Å². The zero-order valence-corrected chi connectivity index (χ0v) is 12.0. The van der Waals surface area contributed by atoms with Crippen LogP contribution >= 0.6 is 0 Å². The van der Waals surface area contributed by atoms with Crippen LogP contribution in [-0.4, -0.2) is 23.5 Å². The van der Waals surface area contributed by atoms with Gasteiger partial charge in [-0.25, -0.2) is 0 Å². The maximum atomic E-state index is 11.5. The maximum absolute atomic E-state index is 11.5. The van der Waals surface area contributed by atoms with Crippen molar-refractivity contribution in [2.24, 2.45) is 11.5 Å². The van der Waals surface area contributed by atoms with Gasteiger partial charge in [0, 0.05) is 18.3 Å². The summed E-state index contributed by atoms with van der Waals surface area (Å²) in [7, 11) is 0. The molecule has 5 nitrogen and oxygen atoms in total. The molecule has 0 aliphatic carbocycles. The summed E-state index contributed by atoms with van der Waals surface area (Å²) >= 11 is 0. The molecule has 1 rings (SSSR count). The average Bonchev–Trinajstić information content (AvgIpc) is 2.32. The molecular weight excluding hydrogens is 240 g/mol. The van der Waals surface area contributed by atoms with Gasteiger partial charge in [-0.05, 0) is 26.3 Å². The minimum atomic E-state index is -0.459. The third-order valence-electron chi connectivity index (χ3n) is 3.13. The van der Waals surface area contributed by atoms with Crippen molar-refractivity contribution < 1.29 is 4.79 Å². The standard InChI is InChI=1S/C14H24N4O/c1-4-5-6-11(8-15)18-12-7-9(2)17-10(3)13(12)14(16)19/h7,11H,4-6,8,15H2,1-3H3,(H2,16,19)(H,17,18). The van der Waals surface area contributed by atoms with Crippen LogP contribution in [0.5, 0.6) is 0 Å². The first-order chi connectivity index (χ1) is 8.99. The molecule has 0 aliphatic heterocycles. The summed E-state index contributed by atoms with van der Waals surface area (Å²) in [6.45, 7) is 6.36. The number of nitrogens with zero attached hydrogens (tertiary/aromatic N) is 1. The fourth-order valence-electron chi connectivity index (χ4n) is 2.17. The van der Waals surface area contributed by atoms with Gasteiger partial charge in [-0.15, -0.1) is 0 Å². The number of hydrogen-bond acceptors (Lipinski definition) is 4. The van der Waals surface area contributed by atoms with Crippen LogP contribution in [0.15, 0.2) is 6.07 Å². The first-order valence-corrected chi connectivity index (χ1v) is 6.74. The molecule has 5 N–H and O–H groups in total. The molecule has 0 aliphatic rings. The number of nitrogens with one attached hydrogen (secondary N) is 1. The molecule has 1 unspecified atom stereocenters. The number of unbranched alkanes of at least 4 members (excludes halogenated alkanes) is 1. The average molecular weight is 264 g/mol. The Balaban J connectivity index is 3.01. The lowest BCUT2D eigenvalue weighted by Crippen LogP contribution is -2.30. The van der Waals surface area contributed by atoms with Crippen LogP contribution < -0.4 is 16.8 Å². The van der Waals surface area contributed by atoms with Gasteiger partial charge in [0.2, 0.25) is 0 Å². The molecular formula is C14H24N4O. The van der Waals surface area contributed by atoms with E-state index in [1.54, 1.807) is 6.92 Å². The second-order valence-corrected chi connectivity index (χ2v) is 4.86. The van der Waals surface area contributed by atoms with Crippen LogP contribution in [0.1, 0.15) is 47.9 Å². The van der Waals surface area contributed by atoms with Gasteiger partial charge in [0.1, 0.15) is 0 Å². The Kier molecular flexibility index (Phi) is 5.76. The van der Waals surface area contributed by atoms with Crippen LogP contribution in [0.3, 0.4) is 0 Å². The van der Waals surface area contributed by atoms with Crippen LogP contribution in [0, 0.1) is 13.8 Å². The molecule has 1 aromatic rings. The van der Waals surface area contributed by atoms with Gasteiger partial charge in [-0.1, -0.05) is 19.8 Å². The SMILES string of the molecule is CCCCC(CN)Nc1cc(C)nc(C)c1C(N)=O. The van der Waals surface area contributed by atoms with Crippen LogP contribution in [0.2, 0.25) is 0 Å². The van der Waals surface area contributed by atoms with Crippen molar-refractivity contribution in [3.05, 3.63) is 23.0 Å². The molecule has 1 aromatic heterocycles. The monoisotopic (exact) mass is 264 g/mol. The van der Waals surface area contributed by atoms with Gasteiger partial charge in [-0.3, -0.25) is 9.78 Å². The fourth-order valence-corrected chi connectivity index (χ4v) is 2.17. The fraction of sp³-hybridized carbons (Fsp3) is 0.571. The molecule has 0 spiro atoms. The number of primary amides is 1. The molecule has 1 heterocycles. The summed E-state index contributed by atoms with van der Waals surface area (Å²) < 4.78 is 0. The molecule has 5 heteroatoms. The minimum absolute atomic E-state index is 0.152. The van der Waals surface area contributed by atoms with Crippen molar-refractivity contribution in [1.29, 1.82) is 0 Å². The number of rotatable bonds is 7. The van der Waals surface area contributed by atoms with Crippen molar-refractivity contribution >= 4 is 11.6 Å². The van der Waals surface area contributed by atoms with E-state index in [4.69, 9.17) is 11.5 Å². The summed E-state index contributed by atoms with van der Waals surface area (Å²) in [6.07, 6.45) is 3.20. The summed E-state index contributed by atoms with van der Waals surface area (Å²) in [5, 5.41) is 3.33. The molecule has 19 heavy (non-hydrogen) atoms. The molecule has 0 saturated heterocycles. The Bertz CT molecular complexity index is 445. The van der Waals surface area contributed by atoms with Gasteiger partial charge in [0.05, 0.1) is 16.9 Å². The second kappa shape index (κ2) is 7.09. The number of aryl methyl sites for hydroxylation is 2. The maximum Gasteiger partial charge on any atom is 0.252 e. The van der Waals surface area contributed by atoms with E-state index in [1.807, 2.05) is 13.0 Å². The van der Waals surface area contributed by atoms with Crippen LogP contribution in [-0.2, 0) is 0 Å². The number of hydrogen-bond donors (Lipinski definition) is 3. The minimum Gasteiger partial charge on any atom is -0.380 e. The van der Waals surface area contributed by atoms with Crippen LogP contribution in [0.4, 0.5) is 5.69 Å². The molecule has 1 amide bonds. The van der Waals surface area contributed by atoms with Crippen molar-refractivity contribution in [3.63, 3.8) is 0 Å². The highest BCUT2D eigenvalue weighted by Crippen LogP contribution is 2.21. The lowest BCUT2D eigenvalue weighted by Gasteiger charge is -2.20. The summed E-state index contributed by atoms with van der Waals surface area (Å²) in [5.74, 6) is -0.459. The Morgan fingerprint density at radius 3 is 2.68 bits per heavy atom. The third-order valence-corrected chi connectivity index (χ3v) is 3.13. The largest absolute Gasteiger partial charge is 0.380 e. The van der Waals surface area contributed by atoms with E-state index in [-0.39, 0.29) is 6.04 Å². The number of aromatic nitrogens is 1. The Hall–Kier alpha value is -1.62. The number of anilines is 1. The lowest BCUT2D eigenvalue weighted by molar-refractivity contribution is 0.1000. The van der Waals surface area contributed by atoms with Gasteiger partial charge in [0.15, 0.2) is 0 Å². The normalized spacial score (nSPS) is 12.2. The zero-order chi connectivity index (χ0) is 14.4. The lowest BCUT2D eigenvalue weighted by atomic mass is 10.1. The topological polar surface area (TPSA) is 94.0 Å². The van der Waals surface area contributed by atoms with Gasteiger partial charge in [-0.2, -0.15) is 0 Å². The molecule has 0 radical (unpaired) electrons. The summed E-state index contributed by atoms with van der Waals surface area (Å²) in [4.78, 5) is 15.8. The number of pyridine rings is 1. The first-order valence-electron chi connectivity index (χ1n) is 6.74. The van der Waals surface area contributed by atoms with E-state index in [0.717, 1.165) is 30.6 Å². The summed E-state index contributed by atoms with van der Waals surface area (Å²) in [5.41, 5.74) is 13.9. The number of carbonyl (C=O) groups is 1. The highest BCUT2D eigenvalue weighted by Gasteiger charge is 2.16. The van der Waals surface area contributed by atoms with Gasteiger partial charge >= 0.3 is 0 Å².